The van der Waals surface area contributed by atoms with Crippen LogP contribution in [-0.2, 0) is 9.53 Å². The van der Waals surface area contributed by atoms with E-state index in [1.54, 1.807) is 37.7 Å². The zero-order valence-electron chi connectivity index (χ0n) is 20.0. The summed E-state index contributed by atoms with van der Waals surface area (Å²) in [6, 6.07) is 8.60. The van der Waals surface area contributed by atoms with Crippen LogP contribution < -0.4 is 24.4 Å². The Hall–Kier alpha value is -2.69. The van der Waals surface area contributed by atoms with Crippen LogP contribution in [0.15, 0.2) is 55.2 Å². The highest BCUT2D eigenvalue weighted by atomic mass is 79.9. The maximum atomic E-state index is 13.7. The van der Waals surface area contributed by atoms with Gasteiger partial charge < -0.3 is 14.2 Å². The number of aromatic nitrogens is 1. The maximum absolute atomic E-state index is 13.7. The first-order chi connectivity index (χ1) is 16.7. The fourth-order valence-corrected chi connectivity index (χ4v) is 6.33. The molecule has 0 N–H and O–H groups in total. The topological polar surface area (TPSA) is 79.1 Å². The Morgan fingerprint density at radius 3 is 2.63 bits per heavy atom. The van der Waals surface area contributed by atoms with Crippen molar-refractivity contribution < 1.29 is 19.0 Å². The number of methoxy groups -OCH3 is 1. The third-order valence-corrected chi connectivity index (χ3v) is 7.80. The average molecular weight is 578 g/mol. The lowest BCUT2D eigenvalue weighted by Crippen LogP contribution is -2.39. The highest BCUT2D eigenvalue weighted by Gasteiger charge is 2.34. The van der Waals surface area contributed by atoms with E-state index < -0.39 is 12.0 Å². The Balaban J connectivity index is 1.94. The lowest BCUT2D eigenvalue weighted by Gasteiger charge is -2.25. The molecular formula is C25H25BrN2O5S2. The molecular weight excluding hydrogens is 552 g/mol. The van der Waals surface area contributed by atoms with Crippen molar-refractivity contribution in [2.75, 3.05) is 13.7 Å². The summed E-state index contributed by atoms with van der Waals surface area (Å²) in [5, 5.41) is 0. The molecule has 2 aromatic heterocycles. The third-order valence-electron chi connectivity index (χ3n) is 5.25. The molecule has 3 aromatic rings. The monoisotopic (exact) mass is 576 g/mol. The Labute approximate surface area is 219 Å². The minimum atomic E-state index is -0.718. The zero-order chi connectivity index (χ0) is 25.3. The van der Waals surface area contributed by atoms with Gasteiger partial charge in [0.15, 0.2) is 16.3 Å². The second kappa shape index (κ2) is 10.5. The predicted molar refractivity (Wildman–Crippen MR) is 141 cm³/mol. The van der Waals surface area contributed by atoms with E-state index in [2.05, 4.69) is 20.9 Å². The number of ether oxygens (including phenoxy) is 3. The molecule has 184 valence electrons. The van der Waals surface area contributed by atoms with Crippen LogP contribution in [0.2, 0.25) is 0 Å². The lowest BCUT2D eigenvalue weighted by atomic mass is 9.95. The van der Waals surface area contributed by atoms with Gasteiger partial charge >= 0.3 is 5.97 Å². The number of rotatable bonds is 7. The van der Waals surface area contributed by atoms with Gasteiger partial charge in [-0.3, -0.25) is 9.36 Å². The molecule has 10 heteroatoms. The fraction of sp³-hybridized carbons (Fsp3) is 0.320. The molecule has 1 aromatic carbocycles. The minimum absolute atomic E-state index is 0.0399. The van der Waals surface area contributed by atoms with E-state index >= 15 is 0 Å². The number of allylic oxidation sites excluding steroid dienone is 1. The first kappa shape index (κ1) is 25.4. The number of fused-ring (bicyclic) bond motifs is 1. The molecule has 0 saturated carbocycles. The van der Waals surface area contributed by atoms with Gasteiger partial charge in [-0.1, -0.05) is 17.4 Å². The van der Waals surface area contributed by atoms with Crippen molar-refractivity contribution in [1.82, 2.24) is 4.57 Å². The summed E-state index contributed by atoms with van der Waals surface area (Å²) in [7, 11) is 1.56. The summed E-state index contributed by atoms with van der Waals surface area (Å²) in [5.74, 6) is 0.594. The van der Waals surface area contributed by atoms with Crippen molar-refractivity contribution in [2.24, 2.45) is 4.99 Å². The molecule has 1 aliphatic rings. The molecule has 35 heavy (non-hydrogen) atoms. The van der Waals surface area contributed by atoms with Crippen LogP contribution in [0.5, 0.6) is 11.5 Å². The number of thiazole rings is 1. The number of benzene rings is 1. The molecule has 0 saturated heterocycles. The summed E-state index contributed by atoms with van der Waals surface area (Å²) in [6.07, 6.45) is 1.81. The molecule has 0 fully saturated rings. The highest BCUT2D eigenvalue weighted by molar-refractivity contribution is 9.11. The van der Waals surface area contributed by atoms with Crippen LogP contribution in [0.4, 0.5) is 0 Å². The number of thiophene rings is 1. The van der Waals surface area contributed by atoms with Gasteiger partial charge in [-0.15, -0.1) is 11.3 Å². The number of esters is 1. The van der Waals surface area contributed by atoms with Gasteiger partial charge in [-0.25, -0.2) is 9.79 Å². The standard InChI is InChI=1S/C25H25BrN2O5S2/c1-6-32-24(30)21-14(4)27-25-28(23(29)19(35-25)12-16-8-10-20(26)34-16)22(21)15-7-9-17(33-13(2)3)18(11-15)31-5/h7-13,22H,6H2,1-5H3/b19-12-/t22-/m0/s1. The number of carbonyl (C=O) groups is 1. The second-order valence-electron chi connectivity index (χ2n) is 8.02. The van der Waals surface area contributed by atoms with E-state index in [4.69, 9.17) is 14.2 Å². The van der Waals surface area contributed by atoms with Crippen molar-refractivity contribution in [3.05, 3.63) is 75.5 Å². The van der Waals surface area contributed by atoms with Gasteiger partial charge in [0.25, 0.3) is 5.56 Å². The van der Waals surface area contributed by atoms with Gasteiger partial charge in [0.1, 0.15) is 0 Å². The minimum Gasteiger partial charge on any atom is -0.493 e. The molecule has 0 amide bonds. The van der Waals surface area contributed by atoms with Gasteiger partial charge in [0, 0.05) is 4.88 Å². The molecule has 0 spiro atoms. The normalized spacial score (nSPS) is 15.7. The van der Waals surface area contributed by atoms with Crippen molar-refractivity contribution in [2.45, 2.75) is 39.8 Å². The number of hydrogen-bond acceptors (Lipinski definition) is 8. The van der Waals surface area contributed by atoms with Crippen molar-refractivity contribution in [1.29, 1.82) is 0 Å². The Bertz CT molecular complexity index is 1480. The van der Waals surface area contributed by atoms with E-state index in [-0.39, 0.29) is 18.3 Å². The average Bonchev–Trinajstić information content (AvgIpc) is 3.35. The predicted octanol–water partition coefficient (Wildman–Crippen LogP) is 4.42. The van der Waals surface area contributed by atoms with Crippen LogP contribution in [-0.4, -0.2) is 30.4 Å². The summed E-state index contributed by atoms with van der Waals surface area (Å²) >= 11 is 6.29. The summed E-state index contributed by atoms with van der Waals surface area (Å²) in [6.45, 7) is 7.59. The molecule has 0 bridgehead atoms. The third kappa shape index (κ3) is 5.14. The van der Waals surface area contributed by atoms with E-state index in [9.17, 15) is 9.59 Å². The smallest absolute Gasteiger partial charge is 0.338 e. The first-order valence-electron chi connectivity index (χ1n) is 11.0. The van der Waals surface area contributed by atoms with E-state index in [1.165, 1.54) is 22.7 Å². The Kier molecular flexibility index (Phi) is 7.63. The Morgan fingerprint density at radius 1 is 1.23 bits per heavy atom. The van der Waals surface area contributed by atoms with Crippen LogP contribution in [0.1, 0.15) is 44.2 Å². The van der Waals surface area contributed by atoms with E-state index in [1.807, 2.05) is 38.1 Å². The maximum Gasteiger partial charge on any atom is 0.338 e. The second-order valence-corrected chi connectivity index (χ2v) is 11.5. The van der Waals surface area contributed by atoms with E-state index in [0.717, 1.165) is 8.66 Å². The lowest BCUT2D eigenvalue weighted by molar-refractivity contribution is -0.139. The largest absolute Gasteiger partial charge is 0.493 e. The number of carbonyl (C=O) groups excluding carboxylic acids is 1. The van der Waals surface area contributed by atoms with Crippen LogP contribution in [0.25, 0.3) is 6.08 Å². The molecule has 0 unspecified atom stereocenters. The SMILES string of the molecule is CCOC(=O)C1=C(C)N=c2s/c(=C\c3ccc(Br)s3)c(=O)n2[C@H]1c1ccc(OC(C)C)c(OC)c1. The highest BCUT2D eigenvalue weighted by Crippen LogP contribution is 2.36. The van der Waals surface area contributed by atoms with Crippen LogP contribution in [0, 0.1) is 0 Å². The van der Waals surface area contributed by atoms with Gasteiger partial charge in [0.2, 0.25) is 0 Å². The summed E-state index contributed by atoms with van der Waals surface area (Å²) < 4.78 is 19.9. The quantitative estimate of drug-likeness (QED) is 0.389. The molecule has 3 heterocycles. The number of nitrogens with zero attached hydrogens (tertiary/aromatic N) is 2. The fourth-order valence-electron chi connectivity index (χ4n) is 3.85. The number of halogens is 1. The molecule has 7 nitrogen and oxygen atoms in total. The zero-order valence-corrected chi connectivity index (χ0v) is 23.2. The van der Waals surface area contributed by atoms with Crippen molar-refractivity contribution in [3.8, 4) is 11.5 Å². The van der Waals surface area contributed by atoms with Crippen LogP contribution in [0.3, 0.4) is 0 Å². The van der Waals surface area contributed by atoms with Gasteiger partial charge in [-0.2, -0.15) is 0 Å². The van der Waals surface area contributed by atoms with Crippen LogP contribution >= 0.6 is 38.6 Å². The van der Waals surface area contributed by atoms with Gasteiger partial charge in [-0.05, 0) is 79.5 Å². The molecule has 4 rings (SSSR count). The Morgan fingerprint density at radius 2 is 2.00 bits per heavy atom. The molecule has 0 aliphatic carbocycles. The van der Waals surface area contributed by atoms with Crippen molar-refractivity contribution >= 4 is 50.6 Å². The molecule has 0 radical (unpaired) electrons. The number of hydrogen-bond donors (Lipinski definition) is 0. The molecule has 1 atom stereocenters. The molecule has 1 aliphatic heterocycles. The van der Waals surface area contributed by atoms with Gasteiger partial charge in [0.05, 0.1) is 45.5 Å². The van der Waals surface area contributed by atoms with E-state index in [0.29, 0.717) is 37.7 Å². The summed E-state index contributed by atoms with van der Waals surface area (Å²) in [4.78, 5) is 32.8. The first-order valence-corrected chi connectivity index (χ1v) is 13.5. The van der Waals surface area contributed by atoms with Crippen molar-refractivity contribution in [3.63, 3.8) is 0 Å². The summed E-state index contributed by atoms with van der Waals surface area (Å²) in [5.41, 5.74) is 1.31.